The van der Waals surface area contributed by atoms with Crippen molar-refractivity contribution in [1.29, 1.82) is 0 Å². The van der Waals surface area contributed by atoms with Gasteiger partial charge in [0.15, 0.2) is 5.16 Å². The summed E-state index contributed by atoms with van der Waals surface area (Å²) in [6.45, 7) is 2.07. The Labute approximate surface area is 175 Å². The van der Waals surface area contributed by atoms with Crippen molar-refractivity contribution < 1.29 is 4.79 Å². The lowest BCUT2D eigenvalue weighted by Crippen LogP contribution is -2.33. The van der Waals surface area contributed by atoms with Crippen molar-refractivity contribution in [3.63, 3.8) is 0 Å². The van der Waals surface area contributed by atoms with Crippen molar-refractivity contribution >= 4 is 17.7 Å². The maximum atomic E-state index is 12.4. The number of aryl methyl sites for hydroxylation is 2. The third-order valence-electron chi connectivity index (χ3n) is 5.44. The molecule has 1 saturated carbocycles. The van der Waals surface area contributed by atoms with Gasteiger partial charge in [-0.2, -0.15) is 0 Å². The first-order valence-electron chi connectivity index (χ1n) is 10.1. The van der Waals surface area contributed by atoms with Gasteiger partial charge in [0.05, 0.1) is 5.75 Å². The monoisotopic (exact) mass is 409 g/mol. The predicted octanol–water partition coefficient (Wildman–Crippen LogP) is 3.66. The van der Waals surface area contributed by atoms with E-state index in [4.69, 9.17) is 0 Å². The fourth-order valence-electron chi connectivity index (χ4n) is 3.77. The van der Waals surface area contributed by atoms with Gasteiger partial charge in [-0.15, -0.1) is 10.2 Å². The van der Waals surface area contributed by atoms with E-state index < -0.39 is 0 Å². The second-order valence-corrected chi connectivity index (χ2v) is 8.64. The molecule has 152 valence electrons. The third-order valence-corrected chi connectivity index (χ3v) is 6.36. The molecule has 7 heteroatoms. The van der Waals surface area contributed by atoms with Crippen LogP contribution in [0.4, 0.5) is 0 Å². The number of benzene rings is 1. The number of hydrogen-bond donors (Lipinski definition) is 1. The van der Waals surface area contributed by atoms with Crippen molar-refractivity contribution in [1.82, 2.24) is 24.6 Å². The highest BCUT2D eigenvalue weighted by molar-refractivity contribution is 7.99. The Morgan fingerprint density at radius 1 is 1.17 bits per heavy atom. The number of thioether (sulfide) groups is 1. The Hall–Kier alpha value is -2.54. The summed E-state index contributed by atoms with van der Waals surface area (Å²) in [6, 6.07) is 12.8. The molecule has 1 aromatic carbocycles. The van der Waals surface area contributed by atoms with Crippen LogP contribution in [0.2, 0.25) is 0 Å². The van der Waals surface area contributed by atoms with Gasteiger partial charge in [0, 0.05) is 37.1 Å². The summed E-state index contributed by atoms with van der Waals surface area (Å²) in [7, 11) is 2.03. The number of rotatable bonds is 7. The molecule has 0 bridgehead atoms. The van der Waals surface area contributed by atoms with Crippen LogP contribution in [-0.4, -0.2) is 37.0 Å². The predicted molar refractivity (Wildman–Crippen MR) is 115 cm³/mol. The standard InChI is InChI=1S/C22H27N5OS/c1-16-9-11-18(12-10-16)27-20(14-19-8-5-13-26(19)2)24-25-22(27)29-15-21(28)23-17-6-3-4-7-17/h5,8-13,17H,3-4,6-7,14-15H2,1-2H3,(H,23,28). The van der Waals surface area contributed by atoms with Crippen LogP contribution in [0.5, 0.6) is 0 Å². The molecule has 0 spiro atoms. The summed E-state index contributed by atoms with van der Waals surface area (Å²) < 4.78 is 4.16. The fourth-order valence-corrected chi connectivity index (χ4v) is 4.56. The van der Waals surface area contributed by atoms with Crippen molar-refractivity contribution in [2.24, 2.45) is 7.05 Å². The van der Waals surface area contributed by atoms with Gasteiger partial charge in [0.2, 0.25) is 5.91 Å². The maximum Gasteiger partial charge on any atom is 0.230 e. The lowest BCUT2D eigenvalue weighted by molar-refractivity contribution is -0.119. The zero-order valence-corrected chi connectivity index (χ0v) is 17.8. The van der Waals surface area contributed by atoms with Crippen molar-refractivity contribution in [2.45, 2.75) is 50.2 Å². The van der Waals surface area contributed by atoms with Gasteiger partial charge < -0.3 is 9.88 Å². The van der Waals surface area contributed by atoms with Crippen LogP contribution in [-0.2, 0) is 18.3 Å². The second-order valence-electron chi connectivity index (χ2n) is 7.69. The third kappa shape index (κ3) is 4.72. The summed E-state index contributed by atoms with van der Waals surface area (Å²) in [6.07, 6.45) is 7.32. The van der Waals surface area contributed by atoms with E-state index in [2.05, 4.69) is 61.9 Å². The number of carbonyl (C=O) groups excluding carboxylic acids is 1. The Morgan fingerprint density at radius 2 is 1.93 bits per heavy atom. The number of carbonyl (C=O) groups is 1. The van der Waals surface area contributed by atoms with Gasteiger partial charge in [-0.05, 0) is 44.0 Å². The molecular formula is C22H27N5OS. The molecule has 1 fully saturated rings. The average molecular weight is 410 g/mol. The summed E-state index contributed by atoms with van der Waals surface area (Å²) >= 11 is 1.45. The molecule has 4 rings (SSSR count). The molecule has 2 heterocycles. The molecular weight excluding hydrogens is 382 g/mol. The highest BCUT2D eigenvalue weighted by Crippen LogP contribution is 2.24. The molecule has 0 atom stereocenters. The van der Waals surface area contributed by atoms with E-state index in [0.29, 0.717) is 18.2 Å². The highest BCUT2D eigenvalue weighted by Gasteiger charge is 2.20. The van der Waals surface area contributed by atoms with E-state index in [-0.39, 0.29) is 5.91 Å². The molecule has 3 aromatic rings. The smallest absolute Gasteiger partial charge is 0.230 e. The van der Waals surface area contributed by atoms with E-state index in [1.165, 1.54) is 35.9 Å². The minimum atomic E-state index is 0.0735. The lowest BCUT2D eigenvalue weighted by Gasteiger charge is -2.13. The molecule has 0 saturated heterocycles. The van der Waals surface area contributed by atoms with E-state index >= 15 is 0 Å². The Balaban J connectivity index is 1.55. The van der Waals surface area contributed by atoms with Crippen LogP contribution in [0.25, 0.3) is 5.69 Å². The second kappa shape index (κ2) is 8.86. The number of hydrogen-bond acceptors (Lipinski definition) is 4. The average Bonchev–Trinajstić information content (AvgIpc) is 3.44. The van der Waals surface area contributed by atoms with Gasteiger partial charge in [0.25, 0.3) is 0 Å². The number of amides is 1. The molecule has 2 aromatic heterocycles. The Kier molecular flexibility index (Phi) is 6.04. The van der Waals surface area contributed by atoms with Gasteiger partial charge in [-0.25, -0.2) is 0 Å². The summed E-state index contributed by atoms with van der Waals surface area (Å²) in [5.41, 5.74) is 3.39. The Morgan fingerprint density at radius 3 is 2.62 bits per heavy atom. The first-order valence-corrected chi connectivity index (χ1v) is 11.1. The zero-order valence-electron chi connectivity index (χ0n) is 17.0. The lowest BCUT2D eigenvalue weighted by atomic mass is 10.2. The molecule has 1 aliphatic rings. The maximum absolute atomic E-state index is 12.4. The van der Waals surface area contributed by atoms with Crippen LogP contribution < -0.4 is 5.32 Å². The number of aromatic nitrogens is 4. The van der Waals surface area contributed by atoms with Crippen LogP contribution in [0.1, 0.15) is 42.8 Å². The summed E-state index contributed by atoms with van der Waals surface area (Å²) in [5.74, 6) is 1.30. The minimum absolute atomic E-state index is 0.0735. The topological polar surface area (TPSA) is 64.7 Å². The Bertz CT molecular complexity index is 970. The molecule has 6 nitrogen and oxygen atoms in total. The van der Waals surface area contributed by atoms with Gasteiger partial charge in [0.1, 0.15) is 5.82 Å². The molecule has 0 aliphatic heterocycles. The van der Waals surface area contributed by atoms with Crippen LogP contribution in [0, 0.1) is 6.92 Å². The quantitative estimate of drug-likeness (QED) is 0.605. The van der Waals surface area contributed by atoms with E-state index in [1.807, 2.05) is 19.3 Å². The van der Waals surface area contributed by atoms with Crippen LogP contribution in [0.3, 0.4) is 0 Å². The van der Waals surface area contributed by atoms with Crippen molar-refractivity contribution in [3.05, 3.63) is 59.7 Å². The molecule has 0 radical (unpaired) electrons. The number of nitrogens with zero attached hydrogens (tertiary/aromatic N) is 4. The SMILES string of the molecule is Cc1ccc(-n2c(Cc3cccn3C)nnc2SCC(=O)NC2CCCC2)cc1. The van der Waals surface area contributed by atoms with E-state index in [0.717, 1.165) is 29.5 Å². The summed E-state index contributed by atoms with van der Waals surface area (Å²) in [5, 5.41) is 12.8. The zero-order chi connectivity index (χ0) is 20.2. The molecule has 1 aliphatic carbocycles. The molecule has 29 heavy (non-hydrogen) atoms. The molecule has 0 unspecified atom stereocenters. The fraction of sp³-hybridized carbons (Fsp3) is 0.409. The van der Waals surface area contributed by atoms with Gasteiger partial charge in [-0.1, -0.05) is 42.3 Å². The van der Waals surface area contributed by atoms with Gasteiger partial charge in [-0.3, -0.25) is 9.36 Å². The summed E-state index contributed by atoms with van der Waals surface area (Å²) in [4.78, 5) is 12.4. The normalized spacial score (nSPS) is 14.4. The first-order chi connectivity index (χ1) is 14.1. The first kappa shape index (κ1) is 19.8. The van der Waals surface area contributed by atoms with E-state index in [1.54, 1.807) is 0 Å². The van der Waals surface area contributed by atoms with Crippen LogP contribution in [0.15, 0.2) is 47.8 Å². The molecule has 1 amide bonds. The van der Waals surface area contributed by atoms with E-state index in [9.17, 15) is 4.79 Å². The van der Waals surface area contributed by atoms with Crippen LogP contribution >= 0.6 is 11.8 Å². The van der Waals surface area contributed by atoms with Gasteiger partial charge >= 0.3 is 0 Å². The number of nitrogens with one attached hydrogen (secondary N) is 1. The minimum Gasteiger partial charge on any atom is -0.354 e. The molecule has 1 N–H and O–H groups in total. The highest BCUT2D eigenvalue weighted by atomic mass is 32.2. The van der Waals surface area contributed by atoms with Crippen molar-refractivity contribution in [2.75, 3.05) is 5.75 Å². The largest absolute Gasteiger partial charge is 0.354 e. The van der Waals surface area contributed by atoms with Crippen molar-refractivity contribution in [3.8, 4) is 5.69 Å².